The van der Waals surface area contributed by atoms with Gasteiger partial charge in [-0.1, -0.05) is 43.9 Å². The monoisotopic (exact) mass is 351 g/mol. The van der Waals surface area contributed by atoms with Crippen LogP contribution in [0, 0.1) is 0 Å². The normalized spacial score (nSPS) is 12.3. The van der Waals surface area contributed by atoms with Gasteiger partial charge >= 0.3 is 6.00 Å². The van der Waals surface area contributed by atoms with Crippen molar-refractivity contribution in [2.45, 2.75) is 57.9 Å². The van der Waals surface area contributed by atoms with Crippen LogP contribution in [0.1, 0.15) is 51.4 Å². The van der Waals surface area contributed by atoms with Crippen molar-refractivity contribution in [1.82, 2.24) is 4.57 Å². The lowest BCUT2D eigenvalue weighted by Crippen LogP contribution is -2.02. The molecule has 0 fully saturated rings. The van der Waals surface area contributed by atoms with E-state index in [1.54, 1.807) is 5.70 Å². The van der Waals surface area contributed by atoms with E-state index in [1.165, 1.54) is 44.9 Å². The molecule has 1 nitrogen and oxygen atoms in total. The molecule has 0 bridgehead atoms. The van der Waals surface area contributed by atoms with Crippen LogP contribution in [0.15, 0.2) is 36.3 Å². The van der Waals surface area contributed by atoms with Crippen molar-refractivity contribution < 1.29 is 0 Å². The van der Waals surface area contributed by atoms with Gasteiger partial charge in [-0.15, -0.1) is 33.2 Å². The first-order valence-corrected chi connectivity index (χ1v) is 12.5. The van der Waals surface area contributed by atoms with Gasteiger partial charge in [0.15, 0.2) is 0 Å². The zero-order chi connectivity index (χ0) is 14.7. The highest BCUT2D eigenvalue weighted by Crippen LogP contribution is 2.21. The zero-order valence-electron chi connectivity index (χ0n) is 11.9. The third kappa shape index (κ3) is 10.8. The van der Waals surface area contributed by atoms with Crippen molar-refractivity contribution in [2.75, 3.05) is 0 Å². The van der Waals surface area contributed by atoms with Crippen molar-refractivity contribution in [3.05, 3.63) is 36.3 Å². The van der Waals surface area contributed by atoms with Gasteiger partial charge in [0.05, 0.1) is 0 Å². The molecule has 0 atom stereocenters. The molecule has 0 aliphatic carbocycles. The number of aromatic nitrogens is 1. The summed E-state index contributed by atoms with van der Waals surface area (Å²) in [6.45, 7) is 1.15. The second-order valence-corrected chi connectivity index (χ2v) is 13.7. The van der Waals surface area contributed by atoms with E-state index < -0.39 is 6.00 Å². The molecule has 0 radical (unpaired) electrons. The third-order valence-electron chi connectivity index (χ3n) is 3.26. The van der Waals surface area contributed by atoms with Gasteiger partial charge in [0.25, 0.3) is 0 Å². The van der Waals surface area contributed by atoms with Crippen LogP contribution in [0.2, 0.25) is 0 Å². The van der Waals surface area contributed by atoms with Gasteiger partial charge < -0.3 is 4.57 Å². The van der Waals surface area contributed by atoms with E-state index in [9.17, 15) is 0 Å². The lowest BCUT2D eigenvalue weighted by molar-refractivity contribution is 0.547. The molecule has 0 amide bonds. The fraction of sp³-hybridized carbons (Fsp3) is 0.600. The summed E-state index contributed by atoms with van der Waals surface area (Å²) in [5.41, 5.74) is 1.78. The third-order valence-corrected chi connectivity index (χ3v) is 5.01. The average Bonchev–Trinajstić information content (AvgIpc) is 2.87. The van der Waals surface area contributed by atoms with Crippen molar-refractivity contribution in [3.63, 3.8) is 0 Å². The Morgan fingerprint density at radius 2 is 1.35 bits per heavy atom. The van der Waals surface area contributed by atoms with Crippen LogP contribution in [-0.2, 0) is 6.54 Å². The number of rotatable bonds is 11. The predicted molar refractivity (Wildman–Crippen MR) is 93.8 cm³/mol. The molecule has 0 aliphatic rings. The summed E-state index contributed by atoms with van der Waals surface area (Å²) >= 11 is 17.3. The van der Waals surface area contributed by atoms with Crippen LogP contribution in [-0.4, -0.2) is 10.6 Å². The summed E-state index contributed by atoms with van der Waals surface area (Å²) in [5.74, 6) is 0. The molecule has 114 valence electrons. The van der Waals surface area contributed by atoms with Crippen molar-refractivity contribution in [3.8, 4) is 0 Å². The number of aryl methyl sites for hydroxylation is 1. The Morgan fingerprint density at radius 3 is 1.95 bits per heavy atom. The Kier molecular flexibility index (Phi) is 9.79. The zero-order valence-corrected chi connectivity index (χ0v) is 15.2. The van der Waals surface area contributed by atoms with Crippen LogP contribution >= 0.6 is 33.2 Å². The molecule has 0 saturated heterocycles. The highest BCUT2D eigenvalue weighted by molar-refractivity contribution is 7.66. The number of nitrogens with zero attached hydrogens (tertiary/aromatic N) is 1. The van der Waals surface area contributed by atoms with E-state index >= 15 is 0 Å². The predicted octanol–water partition coefficient (Wildman–Crippen LogP) is 6.36. The minimum Gasteiger partial charge on any atom is -0.354 e. The minimum absolute atomic E-state index is 1.04. The fourth-order valence-electron chi connectivity index (χ4n) is 2.18. The second-order valence-electron chi connectivity index (χ2n) is 5.13. The van der Waals surface area contributed by atoms with E-state index in [0.717, 1.165) is 13.0 Å². The lowest BCUT2D eigenvalue weighted by atomic mass is 10.1. The van der Waals surface area contributed by atoms with Gasteiger partial charge in [-0.3, -0.25) is 0 Å². The minimum atomic E-state index is -2.54. The second kappa shape index (κ2) is 10.8. The number of halogens is 3. The maximum atomic E-state index is 5.76. The lowest BCUT2D eigenvalue weighted by Gasteiger charge is -2.03. The molecule has 0 aromatic carbocycles. The van der Waals surface area contributed by atoms with E-state index in [4.69, 9.17) is 33.2 Å². The van der Waals surface area contributed by atoms with Gasteiger partial charge in [0.2, 0.25) is 0 Å². The number of unbranched alkanes of at least 4 members (excludes halogenated alkanes) is 7. The molecule has 20 heavy (non-hydrogen) atoms. The van der Waals surface area contributed by atoms with E-state index in [1.807, 2.05) is 6.08 Å². The molecule has 1 aromatic rings. The van der Waals surface area contributed by atoms with Gasteiger partial charge in [0.1, 0.15) is 0 Å². The summed E-state index contributed by atoms with van der Waals surface area (Å²) in [7, 11) is 0. The molecule has 1 rings (SSSR count). The maximum Gasteiger partial charge on any atom is 0.365 e. The Hall–Kier alpha value is 0.107. The first-order chi connectivity index (χ1) is 9.58. The van der Waals surface area contributed by atoms with E-state index in [2.05, 4.69) is 29.1 Å². The molecule has 1 aromatic heterocycles. The summed E-state index contributed by atoms with van der Waals surface area (Å²) in [6, 6.07) is 1.63. The van der Waals surface area contributed by atoms with Crippen LogP contribution in [0.3, 0.4) is 0 Å². The average molecular weight is 353 g/mol. The summed E-state index contributed by atoms with van der Waals surface area (Å²) < 4.78 is 2.25. The Labute approximate surface area is 138 Å². The highest BCUT2D eigenvalue weighted by Gasteiger charge is 2.19. The summed E-state index contributed by atoms with van der Waals surface area (Å²) in [6.07, 6.45) is 16.4. The molecule has 0 spiro atoms. The Morgan fingerprint density at radius 1 is 0.800 bits per heavy atom. The number of hydrogen-bond donors (Lipinski definition) is 0. The van der Waals surface area contributed by atoms with Gasteiger partial charge in [-0.2, -0.15) is 0 Å². The topological polar surface area (TPSA) is 4.93 Å². The van der Waals surface area contributed by atoms with Gasteiger partial charge in [-0.25, -0.2) is 0 Å². The molecule has 0 unspecified atom stereocenters. The first kappa shape index (κ1) is 18.2. The Bertz CT molecular complexity index is 358. The number of allylic oxidation sites excluding steroid dienone is 1. The molecule has 1 heterocycles. The SMILES string of the molecule is Cl[Si](Cl)(Cl)/C=C/CCCCCCCCCn1cccc1. The molecule has 5 heteroatoms. The molecular weight excluding hydrogens is 329 g/mol. The first-order valence-electron chi connectivity index (χ1n) is 7.43. The number of hydrogen-bond acceptors (Lipinski definition) is 0. The van der Waals surface area contributed by atoms with E-state index in [0.29, 0.717) is 0 Å². The largest absolute Gasteiger partial charge is 0.365 e. The molecular formula is C15H24Cl3NSi. The maximum absolute atomic E-state index is 5.76. The quantitative estimate of drug-likeness (QED) is 0.248. The van der Waals surface area contributed by atoms with Crippen molar-refractivity contribution >= 4 is 39.2 Å². The van der Waals surface area contributed by atoms with E-state index in [-0.39, 0.29) is 0 Å². The van der Waals surface area contributed by atoms with Crippen LogP contribution in [0.25, 0.3) is 0 Å². The smallest absolute Gasteiger partial charge is 0.354 e. The molecule has 0 aliphatic heterocycles. The fourth-order valence-corrected chi connectivity index (χ4v) is 3.41. The van der Waals surface area contributed by atoms with Crippen molar-refractivity contribution in [1.29, 1.82) is 0 Å². The molecule has 0 saturated carbocycles. The van der Waals surface area contributed by atoms with Crippen LogP contribution in [0.5, 0.6) is 0 Å². The highest BCUT2D eigenvalue weighted by atomic mass is 35.8. The van der Waals surface area contributed by atoms with Crippen LogP contribution < -0.4 is 0 Å². The Balaban J connectivity index is 1.82. The van der Waals surface area contributed by atoms with Gasteiger partial charge in [-0.05, 0) is 31.4 Å². The standard InChI is InChI=1S/C15H24Cl3NSi/c16-20(17,18)15-11-7-5-3-1-2-4-6-8-12-19-13-9-10-14-19/h9-11,13-15H,1-8,12H2/b15-11+. The van der Waals surface area contributed by atoms with Crippen LogP contribution in [0.4, 0.5) is 0 Å². The summed E-state index contributed by atoms with van der Waals surface area (Å²) in [5, 5.41) is 0. The van der Waals surface area contributed by atoms with Crippen molar-refractivity contribution in [2.24, 2.45) is 0 Å². The van der Waals surface area contributed by atoms with Gasteiger partial charge in [0, 0.05) is 18.9 Å². The molecule has 0 N–H and O–H groups in total. The summed E-state index contributed by atoms with van der Waals surface area (Å²) in [4.78, 5) is 0.